The summed E-state index contributed by atoms with van der Waals surface area (Å²) in [5.41, 5.74) is 0. The van der Waals surface area contributed by atoms with Gasteiger partial charge in [0.2, 0.25) is 0 Å². The molecule has 0 amide bonds. The van der Waals surface area contributed by atoms with Crippen LogP contribution in [0.15, 0.2) is 0 Å². The molecule has 0 saturated heterocycles. The van der Waals surface area contributed by atoms with Crippen molar-refractivity contribution in [3.8, 4) is 0 Å². The zero-order chi connectivity index (χ0) is 4.50. The first-order chi connectivity index (χ1) is 2.00. The molecule has 39 valence electrons. The van der Waals surface area contributed by atoms with Crippen LogP contribution in [0.25, 0.3) is 0 Å². The van der Waals surface area contributed by atoms with Crippen LogP contribution < -0.4 is 12.3 Å². The monoisotopic (exact) mass is 303 g/mol. The minimum Gasteiger partial charge on any atom is 3.00 e. The molecular formula is AsDyO4. The van der Waals surface area contributed by atoms with Crippen LogP contribution in [0.4, 0.5) is 0 Å². The third-order valence-electron chi connectivity index (χ3n) is 0. The second-order valence-electron chi connectivity index (χ2n) is 0.447. The molecule has 0 unspecified atom stereocenters. The van der Waals surface area contributed by atoms with Crippen LogP contribution in [-0.2, 0) is 3.74 Å². The molecule has 0 bridgehead atoms. The van der Waals surface area contributed by atoms with E-state index in [9.17, 15) is 0 Å². The second-order valence-corrected chi connectivity index (χ2v) is 2.32. The molecule has 6 heavy (non-hydrogen) atoms. The predicted molar refractivity (Wildman–Crippen MR) is 6.44 cm³/mol. The Hall–Kier alpha value is 1.51. The fraction of sp³-hybridized carbons (Fsp3) is 0. The van der Waals surface area contributed by atoms with Gasteiger partial charge in [-0.05, 0) is 0 Å². The molecule has 0 aromatic heterocycles. The van der Waals surface area contributed by atoms with E-state index in [0.717, 1.165) is 0 Å². The van der Waals surface area contributed by atoms with E-state index in [4.69, 9.17) is 16.0 Å². The summed E-state index contributed by atoms with van der Waals surface area (Å²) in [4.78, 5) is 0. The van der Waals surface area contributed by atoms with Crippen LogP contribution in [-0.4, -0.2) is 14.5 Å². The Bertz CT molecular complexity index is 53.7. The standard InChI is InChI=1S/AsH3O4.Dy/c2-1(3,4)5;/h(H3,2,3,4,5);/q;+3/p-3. The van der Waals surface area contributed by atoms with Crippen molar-refractivity contribution in [1.82, 2.24) is 0 Å². The van der Waals surface area contributed by atoms with Gasteiger partial charge in [-0.1, -0.05) is 0 Å². The van der Waals surface area contributed by atoms with Crippen molar-refractivity contribution in [3.05, 3.63) is 0 Å². The van der Waals surface area contributed by atoms with E-state index < -0.39 is 14.5 Å². The van der Waals surface area contributed by atoms with Gasteiger partial charge in [0.1, 0.15) is 0 Å². The smallest absolute Gasteiger partial charge is 3.00 e. The largest absolute Gasteiger partial charge is 3.00 e. The maximum absolute atomic E-state index is 8.61. The van der Waals surface area contributed by atoms with Gasteiger partial charge in [0, 0.05) is 0 Å². The molecule has 0 N–H and O–H groups in total. The summed E-state index contributed by atoms with van der Waals surface area (Å²) >= 11 is -5.88. The van der Waals surface area contributed by atoms with Gasteiger partial charge >= 0.3 is 68.7 Å². The molecule has 0 aliphatic heterocycles. The van der Waals surface area contributed by atoms with Gasteiger partial charge in [-0.15, -0.1) is 0 Å². The Kier molecular flexibility index (Phi) is 6.13. The van der Waals surface area contributed by atoms with Crippen LogP contribution >= 0.6 is 0 Å². The van der Waals surface area contributed by atoms with Crippen molar-refractivity contribution in [2.75, 3.05) is 0 Å². The fourth-order valence-electron chi connectivity index (χ4n) is 0. The molecule has 0 rings (SSSR count). The van der Waals surface area contributed by atoms with Crippen LogP contribution in [0.5, 0.6) is 0 Å². The van der Waals surface area contributed by atoms with Crippen molar-refractivity contribution in [1.29, 1.82) is 0 Å². The minimum absolute atomic E-state index is 0. The third kappa shape index (κ3) is 49.1. The topological polar surface area (TPSA) is 86.2 Å². The van der Waals surface area contributed by atoms with Crippen molar-refractivity contribution >= 4 is 14.5 Å². The van der Waals surface area contributed by atoms with Crippen LogP contribution in [0, 0.1) is 38.2 Å². The molecule has 0 heterocycles. The van der Waals surface area contributed by atoms with Crippen molar-refractivity contribution in [3.63, 3.8) is 0 Å². The van der Waals surface area contributed by atoms with E-state index >= 15 is 0 Å². The van der Waals surface area contributed by atoms with E-state index in [2.05, 4.69) is 0 Å². The summed E-state index contributed by atoms with van der Waals surface area (Å²) in [6, 6.07) is 0. The Morgan fingerprint density at radius 2 is 1.17 bits per heavy atom. The average molecular weight is 301 g/mol. The van der Waals surface area contributed by atoms with Gasteiger partial charge < -0.3 is 0 Å². The van der Waals surface area contributed by atoms with Gasteiger partial charge in [0.25, 0.3) is 0 Å². The molecule has 0 atom stereocenters. The molecular weight excluding hydrogens is 301 g/mol. The number of hydrogen-bond acceptors (Lipinski definition) is 4. The molecule has 0 spiro atoms. The second kappa shape index (κ2) is 3.51. The summed E-state index contributed by atoms with van der Waals surface area (Å²) in [6.45, 7) is 0. The van der Waals surface area contributed by atoms with E-state index in [1.165, 1.54) is 0 Å². The summed E-state index contributed by atoms with van der Waals surface area (Å²) in [6.07, 6.45) is 0. The van der Waals surface area contributed by atoms with Gasteiger partial charge in [-0.25, -0.2) is 0 Å². The summed E-state index contributed by atoms with van der Waals surface area (Å²) in [5, 5.41) is 0. The molecule has 6 heteroatoms. The van der Waals surface area contributed by atoms with Crippen molar-refractivity contribution in [2.24, 2.45) is 0 Å². The molecule has 0 aliphatic rings. The number of hydrogen-bond donors (Lipinski definition) is 0. The molecule has 0 fully saturated rings. The van der Waals surface area contributed by atoms with E-state index in [1.807, 2.05) is 0 Å². The summed E-state index contributed by atoms with van der Waals surface area (Å²) in [7, 11) is 0. The first kappa shape index (κ1) is 10.5. The zero-order valence-electron chi connectivity index (χ0n) is 2.40. The Morgan fingerprint density at radius 1 is 1.17 bits per heavy atom. The van der Waals surface area contributed by atoms with Gasteiger partial charge in [0.05, 0.1) is 0 Å². The molecule has 0 aliphatic carbocycles. The van der Waals surface area contributed by atoms with Crippen LogP contribution in [0.1, 0.15) is 0 Å². The minimum atomic E-state index is -5.88. The average Bonchev–Trinajstić information content (AvgIpc) is 0.722. The SMILES string of the molecule is O=[As]([O-])([O-])[O-].[Dy+3]. The summed E-state index contributed by atoms with van der Waals surface area (Å²) < 4.78 is 34.4. The maximum Gasteiger partial charge on any atom is 3.00 e. The Morgan fingerprint density at radius 3 is 1.17 bits per heavy atom. The Balaban J connectivity index is 0. The first-order valence-electron chi connectivity index (χ1n) is 0.730. The van der Waals surface area contributed by atoms with Crippen LogP contribution in [0.3, 0.4) is 0 Å². The Labute approximate surface area is 67.9 Å². The van der Waals surface area contributed by atoms with Gasteiger partial charge in [-0.3, -0.25) is 0 Å². The molecule has 0 saturated carbocycles. The van der Waals surface area contributed by atoms with E-state index in [-0.39, 0.29) is 38.2 Å². The van der Waals surface area contributed by atoms with Crippen molar-refractivity contribution < 1.29 is 54.2 Å². The van der Waals surface area contributed by atoms with Gasteiger partial charge in [0.15, 0.2) is 0 Å². The van der Waals surface area contributed by atoms with E-state index in [1.54, 1.807) is 0 Å². The van der Waals surface area contributed by atoms with E-state index in [0.29, 0.717) is 0 Å². The molecule has 0 aromatic carbocycles. The molecule has 0 aromatic rings. The summed E-state index contributed by atoms with van der Waals surface area (Å²) in [5.74, 6) is 0. The van der Waals surface area contributed by atoms with Crippen molar-refractivity contribution in [2.45, 2.75) is 0 Å². The predicted octanol–water partition coefficient (Wildman–Crippen LogP) is -4.07. The normalized spacial score (nSPS) is 9.83. The molecule has 1 radical (unpaired) electrons. The quantitative estimate of drug-likeness (QED) is 0.426. The third-order valence-corrected chi connectivity index (χ3v) is 0. The van der Waals surface area contributed by atoms with Gasteiger partial charge in [-0.2, -0.15) is 0 Å². The molecule has 4 nitrogen and oxygen atoms in total. The fourth-order valence-corrected chi connectivity index (χ4v) is 0. The number of rotatable bonds is 0. The zero-order valence-corrected chi connectivity index (χ0v) is 6.30. The maximum atomic E-state index is 8.61. The van der Waals surface area contributed by atoms with Crippen LogP contribution in [0.2, 0.25) is 0 Å². The first-order valence-corrected chi connectivity index (χ1v) is 3.79.